The van der Waals surface area contributed by atoms with Crippen molar-refractivity contribution in [2.75, 3.05) is 12.8 Å². The lowest BCUT2D eigenvalue weighted by Gasteiger charge is -2.05. The van der Waals surface area contributed by atoms with Crippen LogP contribution in [0.25, 0.3) is 6.08 Å². The molecule has 1 aromatic rings. The maximum atomic E-state index is 9.34. The Morgan fingerprint density at radius 2 is 2.33 bits per heavy atom. The number of hydrogen-bond donors (Lipinski definition) is 2. The second-order valence-corrected chi connectivity index (χ2v) is 3.07. The summed E-state index contributed by atoms with van der Waals surface area (Å²) in [6, 6.07) is 0. The first-order valence-electron chi connectivity index (χ1n) is 4.41. The summed E-state index contributed by atoms with van der Waals surface area (Å²) in [7, 11) is 1.53. The molecule has 0 saturated carbocycles. The van der Waals surface area contributed by atoms with Crippen LogP contribution in [0.3, 0.4) is 0 Å². The Morgan fingerprint density at radius 3 is 2.93 bits per heavy atom. The van der Waals surface area contributed by atoms with Gasteiger partial charge in [-0.2, -0.15) is 0 Å². The Kier molecular flexibility index (Phi) is 3.33. The smallest absolute Gasteiger partial charge is 0.138 e. The number of methoxy groups -OCH3 is 1. The highest BCUT2D eigenvalue weighted by Crippen LogP contribution is 2.24. The van der Waals surface area contributed by atoms with E-state index < -0.39 is 0 Å². The van der Waals surface area contributed by atoms with Gasteiger partial charge in [0.25, 0.3) is 0 Å². The number of allylic oxidation sites excluding steroid dienone is 1. The quantitative estimate of drug-likeness (QED) is 0.585. The minimum absolute atomic E-state index is 0.0928. The number of nitrogens with two attached hydrogens (primary N) is 1. The van der Waals surface area contributed by atoms with Crippen LogP contribution in [0.2, 0.25) is 0 Å². The number of pyridine rings is 1. The van der Waals surface area contributed by atoms with E-state index in [1.165, 1.54) is 13.3 Å². The van der Waals surface area contributed by atoms with E-state index in [1.807, 2.05) is 0 Å². The lowest BCUT2D eigenvalue weighted by atomic mass is 10.1. The average molecular weight is 206 g/mol. The number of anilines is 1. The summed E-state index contributed by atoms with van der Waals surface area (Å²) in [5.41, 5.74) is 7.43. The largest absolute Gasteiger partial charge is 0.506 e. The van der Waals surface area contributed by atoms with Crippen molar-refractivity contribution in [2.24, 2.45) is 0 Å². The maximum Gasteiger partial charge on any atom is 0.138 e. The van der Waals surface area contributed by atoms with Crippen molar-refractivity contribution < 1.29 is 9.84 Å². The molecule has 1 heterocycles. The Balaban J connectivity index is 3.02. The van der Waals surface area contributed by atoms with Crippen molar-refractivity contribution in [3.05, 3.63) is 35.9 Å². The molecule has 4 nitrogen and oxygen atoms in total. The molecule has 0 aliphatic rings. The Labute approximate surface area is 88.7 Å². The lowest BCUT2D eigenvalue weighted by molar-refractivity contribution is 0.309. The number of aromatic hydroxyl groups is 1. The second kappa shape index (κ2) is 4.50. The third-order valence-electron chi connectivity index (χ3n) is 2.08. The summed E-state index contributed by atoms with van der Waals surface area (Å²) in [5.74, 6) is 0.608. The minimum atomic E-state index is 0.0928. The maximum absolute atomic E-state index is 9.34. The van der Waals surface area contributed by atoms with Gasteiger partial charge in [0.2, 0.25) is 0 Å². The second-order valence-electron chi connectivity index (χ2n) is 3.07. The molecule has 1 rings (SSSR count). The van der Waals surface area contributed by atoms with Gasteiger partial charge in [0.15, 0.2) is 0 Å². The van der Waals surface area contributed by atoms with Crippen LogP contribution in [0, 0.1) is 6.92 Å². The molecule has 0 saturated heterocycles. The molecule has 0 fully saturated rings. The molecular formula is C11H14N2O2. The first-order chi connectivity index (χ1) is 7.06. The van der Waals surface area contributed by atoms with Crippen LogP contribution < -0.4 is 5.73 Å². The summed E-state index contributed by atoms with van der Waals surface area (Å²) in [6.07, 6.45) is 4.71. The number of nitrogens with zero attached hydrogens (tertiary/aromatic N) is 1. The van der Waals surface area contributed by atoms with Crippen LogP contribution in [-0.2, 0) is 4.74 Å². The molecule has 0 bridgehead atoms. The van der Waals surface area contributed by atoms with E-state index in [0.717, 1.165) is 0 Å². The number of aromatic nitrogens is 1. The number of ether oxygens (including phenoxy) is 1. The monoisotopic (exact) mass is 206 g/mol. The summed E-state index contributed by atoms with van der Waals surface area (Å²) in [5, 5.41) is 9.34. The van der Waals surface area contributed by atoms with Crippen molar-refractivity contribution in [3.8, 4) is 5.75 Å². The zero-order chi connectivity index (χ0) is 11.4. The fraction of sp³-hybridized carbons (Fsp3) is 0.182. The average Bonchev–Trinajstić information content (AvgIpc) is 2.24. The van der Waals surface area contributed by atoms with E-state index in [1.54, 1.807) is 19.1 Å². The Hall–Kier alpha value is -1.97. The normalized spacial score (nSPS) is 10.5. The highest BCUT2D eigenvalue weighted by Gasteiger charge is 2.04. The molecule has 0 amide bonds. The van der Waals surface area contributed by atoms with Crippen LogP contribution in [0.1, 0.15) is 11.3 Å². The van der Waals surface area contributed by atoms with Gasteiger partial charge < -0.3 is 15.6 Å². The van der Waals surface area contributed by atoms with Gasteiger partial charge in [-0.05, 0) is 19.1 Å². The molecule has 15 heavy (non-hydrogen) atoms. The van der Waals surface area contributed by atoms with Crippen molar-refractivity contribution in [1.82, 2.24) is 4.98 Å². The van der Waals surface area contributed by atoms with Crippen molar-refractivity contribution >= 4 is 11.8 Å². The molecule has 0 aliphatic heterocycles. The molecular weight excluding hydrogens is 192 g/mol. The first kappa shape index (κ1) is 11.1. The molecule has 1 aromatic heterocycles. The van der Waals surface area contributed by atoms with E-state index in [0.29, 0.717) is 22.7 Å². The van der Waals surface area contributed by atoms with Gasteiger partial charge in [0.1, 0.15) is 11.5 Å². The minimum Gasteiger partial charge on any atom is -0.506 e. The predicted molar refractivity (Wildman–Crippen MR) is 60.2 cm³/mol. The van der Waals surface area contributed by atoms with Crippen LogP contribution in [0.5, 0.6) is 5.75 Å². The third kappa shape index (κ3) is 2.49. The molecule has 80 valence electrons. The van der Waals surface area contributed by atoms with Crippen LogP contribution in [0.15, 0.2) is 24.6 Å². The molecule has 0 radical (unpaired) electrons. The van der Waals surface area contributed by atoms with E-state index in [2.05, 4.69) is 11.6 Å². The summed E-state index contributed by atoms with van der Waals surface area (Å²) in [6.45, 7) is 5.36. The molecule has 3 N–H and O–H groups in total. The fourth-order valence-electron chi connectivity index (χ4n) is 1.000. The zero-order valence-electron chi connectivity index (χ0n) is 8.82. The third-order valence-corrected chi connectivity index (χ3v) is 2.08. The highest BCUT2D eigenvalue weighted by molar-refractivity contribution is 5.67. The Bertz CT molecular complexity index is 411. The van der Waals surface area contributed by atoms with Crippen molar-refractivity contribution in [2.45, 2.75) is 6.92 Å². The summed E-state index contributed by atoms with van der Waals surface area (Å²) in [4.78, 5) is 3.99. The number of rotatable bonds is 3. The topological polar surface area (TPSA) is 68.4 Å². The van der Waals surface area contributed by atoms with Gasteiger partial charge in [-0.3, -0.25) is 4.98 Å². The Morgan fingerprint density at radius 1 is 1.67 bits per heavy atom. The SMILES string of the molecule is C=C(/C=C\c1ncc(O)c(C)c1N)OC. The molecule has 0 spiro atoms. The van der Waals surface area contributed by atoms with Crippen LogP contribution in [0.4, 0.5) is 5.69 Å². The lowest BCUT2D eigenvalue weighted by Crippen LogP contribution is -1.96. The molecule has 0 aromatic carbocycles. The van der Waals surface area contributed by atoms with Gasteiger partial charge in [-0.25, -0.2) is 0 Å². The summed E-state index contributed by atoms with van der Waals surface area (Å²) >= 11 is 0. The van der Waals surface area contributed by atoms with E-state index >= 15 is 0 Å². The standard InChI is InChI=1S/C11H14N2O2/c1-7(15-3)4-5-9-11(12)8(2)10(14)6-13-9/h4-6,14H,1,12H2,2-3H3/b5-4-. The van der Waals surface area contributed by atoms with Gasteiger partial charge in [-0.15, -0.1) is 0 Å². The van der Waals surface area contributed by atoms with Gasteiger partial charge in [0, 0.05) is 5.56 Å². The van der Waals surface area contributed by atoms with Crippen molar-refractivity contribution in [3.63, 3.8) is 0 Å². The number of hydrogen-bond acceptors (Lipinski definition) is 4. The van der Waals surface area contributed by atoms with Gasteiger partial charge >= 0.3 is 0 Å². The van der Waals surface area contributed by atoms with Gasteiger partial charge in [-0.1, -0.05) is 6.58 Å². The molecule has 4 heteroatoms. The molecule has 0 unspecified atom stereocenters. The van der Waals surface area contributed by atoms with E-state index in [4.69, 9.17) is 10.5 Å². The van der Waals surface area contributed by atoms with Crippen molar-refractivity contribution in [1.29, 1.82) is 0 Å². The highest BCUT2D eigenvalue weighted by atomic mass is 16.5. The van der Waals surface area contributed by atoms with E-state index in [-0.39, 0.29) is 5.75 Å². The molecule has 0 aliphatic carbocycles. The number of nitrogen functional groups attached to an aromatic ring is 1. The van der Waals surface area contributed by atoms with E-state index in [9.17, 15) is 5.11 Å². The van der Waals surface area contributed by atoms with Crippen LogP contribution in [-0.4, -0.2) is 17.2 Å². The zero-order valence-corrected chi connectivity index (χ0v) is 8.82. The molecule has 0 atom stereocenters. The first-order valence-corrected chi connectivity index (χ1v) is 4.41. The van der Waals surface area contributed by atoms with Gasteiger partial charge in [0.05, 0.1) is 24.7 Å². The summed E-state index contributed by atoms with van der Waals surface area (Å²) < 4.78 is 4.87. The fourth-order valence-corrected chi connectivity index (χ4v) is 1.000. The predicted octanol–water partition coefficient (Wildman–Crippen LogP) is 1.85. The van der Waals surface area contributed by atoms with Crippen LogP contribution >= 0.6 is 0 Å².